The van der Waals surface area contributed by atoms with Crippen molar-refractivity contribution < 1.29 is 0 Å². The Hall–Kier alpha value is -2.12. The standard InChI is InChI=1S/C22H25N5S2/c1-16-9-10-20-23-17(14-26(20)13-16)15-29-22-25-24-21(12-19-8-5-11-28-19)27(22)18-6-3-2-4-7-18/h5,8-11,13-14,18H,2-4,6-7,12,15H2,1H3. The molecule has 1 saturated carbocycles. The van der Waals surface area contributed by atoms with Crippen molar-refractivity contribution in [2.24, 2.45) is 0 Å². The number of aryl methyl sites for hydroxylation is 1. The highest BCUT2D eigenvalue weighted by Crippen LogP contribution is 2.34. The van der Waals surface area contributed by atoms with E-state index in [0.29, 0.717) is 6.04 Å². The number of aromatic nitrogens is 5. The number of thiophene rings is 1. The van der Waals surface area contributed by atoms with Gasteiger partial charge in [-0.25, -0.2) is 4.98 Å². The summed E-state index contributed by atoms with van der Waals surface area (Å²) < 4.78 is 4.54. The third-order valence-electron chi connectivity index (χ3n) is 5.59. The van der Waals surface area contributed by atoms with Crippen molar-refractivity contribution >= 4 is 28.7 Å². The van der Waals surface area contributed by atoms with Gasteiger partial charge in [-0.3, -0.25) is 0 Å². The van der Waals surface area contributed by atoms with E-state index in [-0.39, 0.29) is 0 Å². The normalized spacial score (nSPS) is 15.3. The van der Waals surface area contributed by atoms with Crippen LogP contribution in [0.3, 0.4) is 0 Å². The first kappa shape index (κ1) is 18.9. The largest absolute Gasteiger partial charge is 0.307 e. The molecular formula is C22H25N5S2. The van der Waals surface area contributed by atoms with E-state index in [1.54, 1.807) is 23.1 Å². The molecule has 5 rings (SSSR count). The molecule has 0 saturated heterocycles. The lowest BCUT2D eigenvalue weighted by Gasteiger charge is -2.25. The van der Waals surface area contributed by atoms with Gasteiger partial charge >= 0.3 is 0 Å². The lowest BCUT2D eigenvalue weighted by molar-refractivity contribution is 0.330. The Morgan fingerprint density at radius 2 is 2.00 bits per heavy atom. The van der Waals surface area contributed by atoms with Crippen LogP contribution in [0.1, 0.15) is 60.1 Å². The summed E-state index contributed by atoms with van der Waals surface area (Å²) >= 11 is 3.56. The van der Waals surface area contributed by atoms with Gasteiger partial charge < -0.3 is 8.97 Å². The molecule has 0 bridgehead atoms. The fourth-order valence-electron chi connectivity index (χ4n) is 4.16. The SMILES string of the molecule is Cc1ccc2nc(CSc3nnc(Cc4cccs4)n3C3CCCCC3)cn2c1. The number of pyridine rings is 1. The molecule has 29 heavy (non-hydrogen) atoms. The average molecular weight is 424 g/mol. The maximum Gasteiger partial charge on any atom is 0.191 e. The summed E-state index contributed by atoms with van der Waals surface area (Å²) in [6, 6.07) is 9.01. The van der Waals surface area contributed by atoms with Gasteiger partial charge in [-0.15, -0.1) is 21.5 Å². The van der Waals surface area contributed by atoms with Gasteiger partial charge in [-0.05, 0) is 42.8 Å². The second-order valence-electron chi connectivity index (χ2n) is 7.81. The highest BCUT2D eigenvalue weighted by atomic mass is 32.2. The summed E-state index contributed by atoms with van der Waals surface area (Å²) in [5, 5.41) is 12.4. The van der Waals surface area contributed by atoms with Crippen molar-refractivity contribution in [3.8, 4) is 0 Å². The third-order valence-corrected chi connectivity index (χ3v) is 7.44. The molecule has 0 atom stereocenters. The molecule has 4 aromatic heterocycles. The van der Waals surface area contributed by atoms with Crippen LogP contribution in [0.15, 0.2) is 47.2 Å². The maximum absolute atomic E-state index is 4.77. The molecule has 150 valence electrons. The van der Waals surface area contributed by atoms with Gasteiger partial charge in [-0.2, -0.15) is 0 Å². The quantitative estimate of drug-likeness (QED) is 0.374. The van der Waals surface area contributed by atoms with Gasteiger partial charge in [0.2, 0.25) is 0 Å². The minimum absolute atomic E-state index is 0.528. The Labute approximate surface area is 179 Å². The first-order valence-corrected chi connectivity index (χ1v) is 12.2. The molecule has 1 aliphatic carbocycles. The molecule has 0 aliphatic heterocycles. The summed E-state index contributed by atoms with van der Waals surface area (Å²) in [5.74, 6) is 1.91. The Bertz CT molecular complexity index is 1090. The molecule has 1 aliphatic rings. The average Bonchev–Trinajstić information content (AvgIpc) is 3.47. The molecule has 4 aromatic rings. The Morgan fingerprint density at radius 1 is 1.10 bits per heavy atom. The second-order valence-corrected chi connectivity index (χ2v) is 9.78. The van der Waals surface area contributed by atoms with E-state index in [0.717, 1.165) is 34.5 Å². The lowest BCUT2D eigenvalue weighted by Crippen LogP contribution is -2.16. The van der Waals surface area contributed by atoms with Crippen LogP contribution in [0.2, 0.25) is 0 Å². The van der Waals surface area contributed by atoms with Gasteiger partial charge in [-0.1, -0.05) is 43.2 Å². The Morgan fingerprint density at radius 3 is 2.83 bits per heavy atom. The molecule has 0 N–H and O–H groups in total. The summed E-state index contributed by atoms with van der Waals surface area (Å²) in [6.45, 7) is 2.11. The summed E-state index contributed by atoms with van der Waals surface area (Å²) in [6.07, 6.45) is 11.5. The Balaban J connectivity index is 1.39. The minimum atomic E-state index is 0.528. The predicted molar refractivity (Wildman–Crippen MR) is 119 cm³/mol. The van der Waals surface area contributed by atoms with Crippen LogP contribution in [-0.2, 0) is 12.2 Å². The smallest absolute Gasteiger partial charge is 0.191 e. The molecule has 1 fully saturated rings. The monoisotopic (exact) mass is 423 g/mol. The van der Waals surface area contributed by atoms with Crippen molar-refractivity contribution in [1.82, 2.24) is 24.1 Å². The van der Waals surface area contributed by atoms with Crippen LogP contribution in [-0.4, -0.2) is 24.1 Å². The van der Waals surface area contributed by atoms with E-state index in [2.05, 4.69) is 68.1 Å². The highest BCUT2D eigenvalue weighted by Gasteiger charge is 2.23. The number of nitrogens with zero attached hydrogens (tertiary/aromatic N) is 5. The Kier molecular flexibility index (Phi) is 5.42. The van der Waals surface area contributed by atoms with E-state index >= 15 is 0 Å². The first-order chi connectivity index (χ1) is 14.3. The summed E-state index contributed by atoms with van der Waals surface area (Å²) in [7, 11) is 0. The lowest BCUT2D eigenvalue weighted by atomic mass is 9.95. The van der Waals surface area contributed by atoms with Crippen LogP contribution < -0.4 is 0 Å². The van der Waals surface area contributed by atoms with Crippen molar-refractivity contribution in [2.45, 2.75) is 62.4 Å². The zero-order valence-corrected chi connectivity index (χ0v) is 18.3. The molecule has 0 amide bonds. The van der Waals surface area contributed by atoms with Crippen molar-refractivity contribution in [1.29, 1.82) is 0 Å². The first-order valence-electron chi connectivity index (χ1n) is 10.3. The number of rotatable bonds is 6. The topological polar surface area (TPSA) is 48.0 Å². The number of hydrogen-bond donors (Lipinski definition) is 0. The van der Waals surface area contributed by atoms with E-state index in [1.165, 1.54) is 42.5 Å². The van der Waals surface area contributed by atoms with Gasteiger partial charge in [0.25, 0.3) is 0 Å². The zero-order valence-electron chi connectivity index (χ0n) is 16.6. The third kappa shape index (κ3) is 4.12. The minimum Gasteiger partial charge on any atom is -0.307 e. The fraction of sp³-hybridized carbons (Fsp3) is 0.409. The van der Waals surface area contributed by atoms with Crippen LogP contribution in [0.4, 0.5) is 0 Å². The second kappa shape index (κ2) is 8.32. The number of fused-ring (bicyclic) bond motifs is 1. The molecule has 5 nitrogen and oxygen atoms in total. The number of thioether (sulfide) groups is 1. The maximum atomic E-state index is 4.77. The predicted octanol–water partition coefficient (Wildman–Crippen LogP) is 5.68. The van der Waals surface area contributed by atoms with E-state index in [9.17, 15) is 0 Å². The zero-order chi connectivity index (χ0) is 19.6. The van der Waals surface area contributed by atoms with Gasteiger partial charge in [0.05, 0.1) is 5.69 Å². The van der Waals surface area contributed by atoms with E-state index in [4.69, 9.17) is 4.98 Å². The molecular weight excluding hydrogens is 398 g/mol. The molecule has 0 radical (unpaired) electrons. The summed E-state index contributed by atoms with van der Waals surface area (Å²) in [5.41, 5.74) is 3.32. The van der Waals surface area contributed by atoms with Crippen LogP contribution >= 0.6 is 23.1 Å². The van der Waals surface area contributed by atoms with E-state index < -0.39 is 0 Å². The molecule has 0 aromatic carbocycles. The highest BCUT2D eigenvalue weighted by molar-refractivity contribution is 7.98. The van der Waals surface area contributed by atoms with Crippen LogP contribution in [0.25, 0.3) is 5.65 Å². The van der Waals surface area contributed by atoms with Crippen molar-refractivity contribution in [3.63, 3.8) is 0 Å². The van der Waals surface area contributed by atoms with E-state index in [1.807, 2.05) is 0 Å². The summed E-state index contributed by atoms with van der Waals surface area (Å²) in [4.78, 5) is 6.11. The number of hydrogen-bond acceptors (Lipinski definition) is 5. The van der Waals surface area contributed by atoms with Crippen molar-refractivity contribution in [2.75, 3.05) is 0 Å². The van der Waals surface area contributed by atoms with Gasteiger partial charge in [0.1, 0.15) is 11.5 Å². The van der Waals surface area contributed by atoms with Crippen LogP contribution in [0.5, 0.6) is 0 Å². The molecule has 0 spiro atoms. The van der Waals surface area contributed by atoms with Gasteiger partial charge in [0.15, 0.2) is 5.16 Å². The molecule has 4 heterocycles. The van der Waals surface area contributed by atoms with Crippen LogP contribution in [0, 0.1) is 6.92 Å². The molecule has 7 heteroatoms. The number of imidazole rings is 1. The van der Waals surface area contributed by atoms with Gasteiger partial charge in [0, 0.05) is 35.5 Å². The van der Waals surface area contributed by atoms with Crippen molar-refractivity contribution in [3.05, 3.63) is 64.0 Å². The fourth-order valence-corrected chi connectivity index (χ4v) is 5.77. The molecule has 0 unspecified atom stereocenters.